The second kappa shape index (κ2) is 11.4. The first-order valence-corrected chi connectivity index (χ1v) is 14.7. The molecule has 4 aromatic rings. The van der Waals surface area contributed by atoms with Gasteiger partial charge in [0.1, 0.15) is 17.7 Å². The van der Waals surface area contributed by atoms with E-state index in [1.165, 1.54) is 4.31 Å². The number of nitrogens with one attached hydrogen (secondary N) is 2. The topological polar surface area (TPSA) is 124 Å². The number of amidine groups is 2. The van der Waals surface area contributed by atoms with Gasteiger partial charge in [-0.25, -0.2) is 8.42 Å². The normalized spacial score (nSPS) is 14.2. The zero-order valence-corrected chi connectivity index (χ0v) is 23.2. The summed E-state index contributed by atoms with van der Waals surface area (Å²) in [5.74, 6) is 1.25. The highest BCUT2D eigenvalue weighted by atomic mass is 32.2. The average molecular weight is 556 g/mol. The third-order valence-electron chi connectivity index (χ3n) is 7.22. The zero-order valence-electron chi connectivity index (χ0n) is 22.4. The van der Waals surface area contributed by atoms with E-state index >= 15 is 0 Å². The Hall–Kier alpha value is -4.37. The molecule has 0 radical (unpaired) electrons. The lowest BCUT2D eigenvalue weighted by Gasteiger charge is -2.33. The van der Waals surface area contributed by atoms with Gasteiger partial charge in [0.05, 0.1) is 23.0 Å². The number of hydrogen-bond donors (Lipinski definition) is 3. The van der Waals surface area contributed by atoms with Crippen molar-refractivity contribution >= 4 is 38.2 Å². The molecule has 8 nitrogen and oxygen atoms in total. The standard InChI is InChI=1S/C31H33N5O3S/c1-22(32)35-17-15-29(16-18-35)39-28-13-11-27(12-14-28)36(40(37,38)30-5-3-2-4-6-30)21-23-7-8-24-9-10-25(31(33)34)20-26(24)19-23/h2-14,19-20,29,32H,15-18,21H2,1H3,(H3,33,34). The Bertz CT molecular complexity index is 1630. The third kappa shape index (κ3) is 5.94. The summed E-state index contributed by atoms with van der Waals surface area (Å²) in [6, 6.07) is 27.0. The number of ether oxygens (including phenoxy) is 1. The van der Waals surface area contributed by atoms with Crippen LogP contribution in [0.2, 0.25) is 0 Å². The molecule has 1 heterocycles. The molecule has 5 rings (SSSR count). The van der Waals surface area contributed by atoms with E-state index in [2.05, 4.69) is 0 Å². The van der Waals surface area contributed by atoms with E-state index in [-0.39, 0.29) is 23.4 Å². The summed E-state index contributed by atoms with van der Waals surface area (Å²) in [7, 11) is -3.87. The Morgan fingerprint density at radius 2 is 1.60 bits per heavy atom. The van der Waals surface area contributed by atoms with Gasteiger partial charge >= 0.3 is 0 Å². The molecule has 1 aliphatic rings. The molecule has 9 heteroatoms. The first-order chi connectivity index (χ1) is 19.2. The second-order valence-electron chi connectivity index (χ2n) is 10.0. The van der Waals surface area contributed by atoms with Crippen LogP contribution in [0.25, 0.3) is 10.8 Å². The van der Waals surface area contributed by atoms with Crippen molar-refractivity contribution in [2.45, 2.75) is 37.3 Å². The monoisotopic (exact) mass is 555 g/mol. The van der Waals surface area contributed by atoms with Crippen molar-refractivity contribution in [3.8, 4) is 5.75 Å². The van der Waals surface area contributed by atoms with Crippen LogP contribution in [0.5, 0.6) is 5.75 Å². The fourth-order valence-electron chi connectivity index (χ4n) is 4.96. The molecule has 1 saturated heterocycles. The SMILES string of the molecule is CC(=N)N1CCC(Oc2ccc(N(Cc3ccc4ccc(C(=N)N)cc4c3)S(=O)(=O)c3ccccc3)cc2)CC1. The highest BCUT2D eigenvalue weighted by Gasteiger charge is 2.26. The van der Waals surface area contributed by atoms with Crippen LogP contribution in [0, 0.1) is 10.8 Å². The van der Waals surface area contributed by atoms with Crippen molar-refractivity contribution in [1.82, 2.24) is 4.90 Å². The van der Waals surface area contributed by atoms with Crippen LogP contribution >= 0.6 is 0 Å². The van der Waals surface area contributed by atoms with Crippen molar-refractivity contribution in [2.24, 2.45) is 5.73 Å². The third-order valence-corrected chi connectivity index (χ3v) is 9.00. The minimum absolute atomic E-state index is 0.0155. The largest absolute Gasteiger partial charge is 0.490 e. The summed E-state index contributed by atoms with van der Waals surface area (Å²) in [4.78, 5) is 2.26. The fraction of sp³-hybridized carbons (Fsp3) is 0.226. The van der Waals surface area contributed by atoms with E-state index in [1.54, 1.807) is 55.5 Å². The predicted molar refractivity (Wildman–Crippen MR) is 160 cm³/mol. The quantitative estimate of drug-likeness (QED) is 0.199. The summed E-state index contributed by atoms with van der Waals surface area (Å²) >= 11 is 0. The summed E-state index contributed by atoms with van der Waals surface area (Å²) in [5, 5.41) is 17.4. The van der Waals surface area contributed by atoms with E-state index in [0.717, 1.165) is 42.3 Å². The Balaban J connectivity index is 1.43. The van der Waals surface area contributed by atoms with Crippen LogP contribution in [0.4, 0.5) is 5.69 Å². The van der Waals surface area contributed by atoms with E-state index in [9.17, 15) is 8.42 Å². The highest BCUT2D eigenvalue weighted by molar-refractivity contribution is 7.92. The predicted octanol–water partition coefficient (Wildman–Crippen LogP) is 5.36. The summed E-state index contributed by atoms with van der Waals surface area (Å²) in [6.07, 6.45) is 1.72. The van der Waals surface area contributed by atoms with Crippen molar-refractivity contribution in [1.29, 1.82) is 10.8 Å². The number of hydrogen-bond acceptors (Lipinski definition) is 5. The number of anilines is 1. The van der Waals surface area contributed by atoms with Gasteiger partial charge in [-0.1, -0.05) is 42.5 Å². The molecule has 0 saturated carbocycles. The Morgan fingerprint density at radius 1 is 0.925 bits per heavy atom. The van der Waals surface area contributed by atoms with Crippen LogP contribution in [0.3, 0.4) is 0 Å². The van der Waals surface area contributed by atoms with Gasteiger partial charge in [0.25, 0.3) is 10.0 Å². The van der Waals surface area contributed by atoms with Crippen molar-refractivity contribution in [3.05, 3.63) is 102 Å². The second-order valence-corrected chi connectivity index (χ2v) is 11.9. The molecule has 0 amide bonds. The molecule has 0 bridgehead atoms. The van der Waals surface area contributed by atoms with E-state index in [1.807, 2.05) is 47.4 Å². The molecule has 4 N–H and O–H groups in total. The van der Waals surface area contributed by atoms with Gasteiger partial charge in [-0.05, 0) is 71.8 Å². The lowest BCUT2D eigenvalue weighted by atomic mass is 10.0. The highest BCUT2D eigenvalue weighted by Crippen LogP contribution is 2.30. The number of sulfonamides is 1. The fourth-order valence-corrected chi connectivity index (χ4v) is 6.43. The number of nitrogens with two attached hydrogens (primary N) is 1. The molecular formula is C31H33N5O3S. The number of benzene rings is 4. The molecule has 0 spiro atoms. The lowest BCUT2D eigenvalue weighted by Crippen LogP contribution is -2.40. The minimum Gasteiger partial charge on any atom is -0.490 e. The van der Waals surface area contributed by atoms with Crippen molar-refractivity contribution in [3.63, 3.8) is 0 Å². The number of piperidine rings is 1. The molecule has 0 atom stereocenters. The molecular weight excluding hydrogens is 522 g/mol. The molecule has 0 aliphatic carbocycles. The number of nitrogens with zero attached hydrogens (tertiary/aromatic N) is 2. The summed E-state index contributed by atoms with van der Waals surface area (Å²) in [5.41, 5.74) is 7.64. The first kappa shape index (κ1) is 27.2. The number of rotatable bonds is 8. The maximum absolute atomic E-state index is 13.9. The van der Waals surface area contributed by atoms with Gasteiger partial charge in [-0.3, -0.25) is 15.1 Å². The van der Waals surface area contributed by atoms with Gasteiger partial charge in [0, 0.05) is 31.5 Å². The summed E-state index contributed by atoms with van der Waals surface area (Å²) in [6.45, 7) is 3.51. The number of nitrogen functional groups attached to an aromatic ring is 1. The summed E-state index contributed by atoms with van der Waals surface area (Å²) < 4.78 is 35.3. The molecule has 206 valence electrons. The molecule has 40 heavy (non-hydrogen) atoms. The molecule has 1 fully saturated rings. The maximum atomic E-state index is 13.9. The molecule has 0 unspecified atom stereocenters. The minimum atomic E-state index is -3.87. The molecule has 0 aromatic heterocycles. The van der Waals surface area contributed by atoms with Crippen LogP contribution in [0.1, 0.15) is 30.9 Å². The molecule has 4 aromatic carbocycles. The van der Waals surface area contributed by atoms with Crippen LogP contribution in [-0.4, -0.2) is 44.2 Å². The maximum Gasteiger partial charge on any atom is 0.264 e. The Kier molecular flexibility index (Phi) is 7.75. The van der Waals surface area contributed by atoms with E-state index < -0.39 is 10.0 Å². The van der Waals surface area contributed by atoms with Gasteiger partial charge in [0.15, 0.2) is 0 Å². The van der Waals surface area contributed by atoms with Crippen LogP contribution in [-0.2, 0) is 16.6 Å². The van der Waals surface area contributed by atoms with E-state index in [4.69, 9.17) is 21.3 Å². The van der Waals surface area contributed by atoms with Crippen molar-refractivity contribution < 1.29 is 13.2 Å². The van der Waals surface area contributed by atoms with Crippen LogP contribution in [0.15, 0.2) is 95.9 Å². The number of likely N-dealkylation sites (tertiary alicyclic amines) is 1. The van der Waals surface area contributed by atoms with Gasteiger partial charge in [0.2, 0.25) is 0 Å². The zero-order chi connectivity index (χ0) is 28.3. The van der Waals surface area contributed by atoms with Gasteiger partial charge < -0.3 is 15.4 Å². The van der Waals surface area contributed by atoms with Crippen molar-refractivity contribution in [2.75, 3.05) is 17.4 Å². The van der Waals surface area contributed by atoms with Gasteiger partial charge in [-0.2, -0.15) is 0 Å². The smallest absolute Gasteiger partial charge is 0.264 e. The number of fused-ring (bicyclic) bond motifs is 1. The lowest BCUT2D eigenvalue weighted by molar-refractivity contribution is 0.130. The molecule has 1 aliphatic heterocycles. The van der Waals surface area contributed by atoms with E-state index in [0.29, 0.717) is 22.8 Å². The van der Waals surface area contributed by atoms with Gasteiger partial charge in [-0.15, -0.1) is 0 Å². The van der Waals surface area contributed by atoms with Crippen LogP contribution < -0.4 is 14.8 Å². The Labute approximate surface area is 235 Å². The average Bonchev–Trinajstić information content (AvgIpc) is 2.96. The Morgan fingerprint density at radius 3 is 2.25 bits per heavy atom. The first-order valence-electron chi connectivity index (χ1n) is 13.2.